The van der Waals surface area contributed by atoms with Crippen LogP contribution in [-0.4, -0.2) is 19.1 Å². The Bertz CT molecular complexity index is 407. The van der Waals surface area contributed by atoms with Crippen molar-refractivity contribution in [3.05, 3.63) is 35.6 Å². The van der Waals surface area contributed by atoms with Crippen molar-refractivity contribution in [3.8, 4) is 0 Å². The summed E-state index contributed by atoms with van der Waals surface area (Å²) in [5.41, 5.74) is 0.810. The van der Waals surface area contributed by atoms with E-state index in [2.05, 4.69) is 5.32 Å². The van der Waals surface area contributed by atoms with E-state index in [0.717, 1.165) is 5.56 Å². The Morgan fingerprint density at radius 1 is 1.33 bits per heavy atom. The highest BCUT2D eigenvalue weighted by molar-refractivity contribution is 5.76. The Kier molecular flexibility index (Phi) is 5.28. The molecule has 1 N–H and O–H groups in total. The fourth-order valence-corrected chi connectivity index (χ4v) is 1.80. The van der Waals surface area contributed by atoms with Crippen LogP contribution in [0.15, 0.2) is 24.3 Å². The van der Waals surface area contributed by atoms with Gasteiger partial charge in [0, 0.05) is 6.04 Å². The highest BCUT2D eigenvalue weighted by Crippen LogP contribution is 2.16. The first-order valence-corrected chi connectivity index (χ1v) is 6.05. The number of carbonyl (C=O) groups excluding carboxylic acids is 1. The molecule has 3 nitrogen and oxygen atoms in total. The number of methoxy groups -OCH3 is 1. The lowest BCUT2D eigenvalue weighted by Crippen LogP contribution is -2.42. The Morgan fingerprint density at radius 2 is 2.00 bits per heavy atom. The fourth-order valence-electron chi connectivity index (χ4n) is 1.80. The van der Waals surface area contributed by atoms with Crippen LogP contribution >= 0.6 is 0 Å². The van der Waals surface area contributed by atoms with Gasteiger partial charge in [-0.1, -0.05) is 26.0 Å². The van der Waals surface area contributed by atoms with E-state index < -0.39 is 6.04 Å². The topological polar surface area (TPSA) is 38.3 Å². The minimum Gasteiger partial charge on any atom is -0.468 e. The summed E-state index contributed by atoms with van der Waals surface area (Å²) < 4.78 is 17.9. The molecule has 1 aromatic rings. The van der Waals surface area contributed by atoms with Gasteiger partial charge in [-0.2, -0.15) is 0 Å². The Balaban J connectivity index is 2.78. The van der Waals surface area contributed by atoms with E-state index in [9.17, 15) is 9.18 Å². The molecule has 0 aliphatic heterocycles. The lowest BCUT2D eigenvalue weighted by molar-refractivity contribution is -0.144. The highest BCUT2D eigenvalue weighted by atomic mass is 19.1. The Morgan fingerprint density at radius 3 is 2.50 bits per heavy atom. The predicted octanol–water partition coefficient (Wildman–Crippen LogP) is 2.67. The average molecular weight is 253 g/mol. The zero-order valence-electron chi connectivity index (χ0n) is 11.2. The quantitative estimate of drug-likeness (QED) is 0.820. The molecule has 0 heterocycles. The van der Waals surface area contributed by atoms with E-state index >= 15 is 0 Å². The second kappa shape index (κ2) is 6.50. The van der Waals surface area contributed by atoms with Crippen molar-refractivity contribution >= 4 is 5.97 Å². The lowest BCUT2D eigenvalue weighted by Gasteiger charge is -2.24. The van der Waals surface area contributed by atoms with Gasteiger partial charge in [0.15, 0.2) is 0 Å². The molecule has 0 bridgehead atoms. The van der Waals surface area contributed by atoms with Crippen molar-refractivity contribution in [3.63, 3.8) is 0 Å². The molecule has 0 aromatic heterocycles. The van der Waals surface area contributed by atoms with Crippen LogP contribution in [0.3, 0.4) is 0 Å². The second-order valence-electron chi connectivity index (χ2n) is 4.69. The Hall–Kier alpha value is -1.42. The van der Waals surface area contributed by atoms with Gasteiger partial charge in [-0.15, -0.1) is 0 Å². The lowest BCUT2D eigenvalue weighted by atomic mass is 10.0. The zero-order chi connectivity index (χ0) is 13.7. The van der Waals surface area contributed by atoms with E-state index in [-0.39, 0.29) is 23.7 Å². The third-order valence-corrected chi connectivity index (χ3v) is 2.90. The van der Waals surface area contributed by atoms with Crippen LogP contribution in [0.1, 0.15) is 32.4 Å². The maximum absolute atomic E-state index is 13.1. The summed E-state index contributed by atoms with van der Waals surface area (Å²) in [7, 11) is 1.37. The first-order chi connectivity index (χ1) is 8.45. The number of esters is 1. The van der Waals surface area contributed by atoms with Crippen molar-refractivity contribution < 1.29 is 13.9 Å². The van der Waals surface area contributed by atoms with Gasteiger partial charge < -0.3 is 4.74 Å². The molecular weight excluding hydrogens is 233 g/mol. The molecule has 0 aliphatic rings. The van der Waals surface area contributed by atoms with Crippen molar-refractivity contribution in [2.24, 2.45) is 5.92 Å². The average Bonchev–Trinajstić information content (AvgIpc) is 2.34. The number of ether oxygens (including phenoxy) is 1. The summed E-state index contributed by atoms with van der Waals surface area (Å²) in [6.07, 6.45) is 0. The molecule has 0 saturated carbocycles. The van der Waals surface area contributed by atoms with Crippen LogP contribution in [0, 0.1) is 11.7 Å². The largest absolute Gasteiger partial charge is 0.468 e. The predicted molar refractivity (Wildman–Crippen MR) is 68.6 cm³/mol. The van der Waals surface area contributed by atoms with Gasteiger partial charge in [0.25, 0.3) is 0 Å². The maximum Gasteiger partial charge on any atom is 0.323 e. The molecule has 1 rings (SSSR count). The van der Waals surface area contributed by atoms with Crippen molar-refractivity contribution in [2.45, 2.75) is 32.9 Å². The molecule has 0 amide bonds. The minimum atomic E-state index is -0.395. The van der Waals surface area contributed by atoms with E-state index in [1.54, 1.807) is 6.07 Å². The number of nitrogens with one attached hydrogen (secondary N) is 1. The molecule has 2 atom stereocenters. The van der Waals surface area contributed by atoms with Crippen LogP contribution in [0.25, 0.3) is 0 Å². The van der Waals surface area contributed by atoms with Gasteiger partial charge in [-0.3, -0.25) is 10.1 Å². The number of halogens is 1. The molecule has 0 radical (unpaired) electrons. The van der Waals surface area contributed by atoms with Gasteiger partial charge in [0.05, 0.1) is 7.11 Å². The van der Waals surface area contributed by atoms with E-state index in [1.165, 1.54) is 19.2 Å². The summed E-state index contributed by atoms with van der Waals surface area (Å²) >= 11 is 0. The van der Waals surface area contributed by atoms with Crippen molar-refractivity contribution in [1.82, 2.24) is 5.32 Å². The Labute approximate surface area is 107 Å². The molecule has 0 spiro atoms. The van der Waals surface area contributed by atoms with E-state index in [4.69, 9.17) is 4.74 Å². The van der Waals surface area contributed by atoms with Crippen LogP contribution in [-0.2, 0) is 9.53 Å². The maximum atomic E-state index is 13.1. The monoisotopic (exact) mass is 253 g/mol. The first-order valence-electron chi connectivity index (χ1n) is 6.05. The number of benzene rings is 1. The molecule has 1 aromatic carbocycles. The number of carbonyl (C=O) groups is 1. The first kappa shape index (κ1) is 14.6. The zero-order valence-corrected chi connectivity index (χ0v) is 11.2. The highest BCUT2D eigenvalue weighted by Gasteiger charge is 2.24. The third-order valence-electron chi connectivity index (χ3n) is 2.90. The smallest absolute Gasteiger partial charge is 0.323 e. The number of hydrogen-bond donors (Lipinski definition) is 1. The summed E-state index contributed by atoms with van der Waals surface area (Å²) in [6.45, 7) is 5.77. The molecule has 0 aliphatic carbocycles. The molecule has 100 valence electrons. The van der Waals surface area contributed by atoms with Crippen molar-refractivity contribution in [2.75, 3.05) is 7.11 Å². The SMILES string of the molecule is COC(=O)C(NC(C)c1cccc(F)c1)C(C)C. The minimum absolute atomic E-state index is 0.105. The van der Waals surface area contributed by atoms with Crippen LogP contribution < -0.4 is 5.32 Å². The normalized spacial score (nSPS) is 14.3. The van der Waals surface area contributed by atoms with E-state index in [0.29, 0.717) is 0 Å². The molecule has 4 heteroatoms. The van der Waals surface area contributed by atoms with Gasteiger partial charge in [-0.25, -0.2) is 4.39 Å². The van der Waals surface area contributed by atoms with Crippen molar-refractivity contribution in [1.29, 1.82) is 0 Å². The van der Waals surface area contributed by atoms with Crippen LogP contribution in [0.5, 0.6) is 0 Å². The molecule has 0 fully saturated rings. The van der Waals surface area contributed by atoms with Gasteiger partial charge in [0.1, 0.15) is 11.9 Å². The van der Waals surface area contributed by atoms with Gasteiger partial charge in [0.2, 0.25) is 0 Å². The fraction of sp³-hybridized carbons (Fsp3) is 0.500. The summed E-state index contributed by atoms with van der Waals surface area (Å²) in [6, 6.07) is 5.84. The van der Waals surface area contributed by atoms with E-state index in [1.807, 2.05) is 26.8 Å². The summed E-state index contributed by atoms with van der Waals surface area (Å²) in [4.78, 5) is 11.6. The second-order valence-corrected chi connectivity index (χ2v) is 4.69. The molecular formula is C14H20FNO2. The standard InChI is InChI=1S/C14H20FNO2/c1-9(2)13(14(17)18-4)16-10(3)11-6-5-7-12(15)8-11/h5-10,13,16H,1-4H3. The number of hydrogen-bond acceptors (Lipinski definition) is 3. The van der Waals surface area contributed by atoms with Crippen LogP contribution in [0.4, 0.5) is 4.39 Å². The molecule has 18 heavy (non-hydrogen) atoms. The van der Waals surface area contributed by atoms with Crippen LogP contribution in [0.2, 0.25) is 0 Å². The third kappa shape index (κ3) is 3.81. The van der Waals surface area contributed by atoms with Gasteiger partial charge in [-0.05, 0) is 30.5 Å². The summed E-state index contributed by atoms with van der Waals surface area (Å²) in [5, 5.41) is 3.17. The molecule has 2 unspecified atom stereocenters. The number of rotatable bonds is 5. The van der Waals surface area contributed by atoms with Gasteiger partial charge >= 0.3 is 5.97 Å². The molecule has 0 saturated heterocycles. The summed E-state index contributed by atoms with van der Waals surface area (Å²) in [5.74, 6) is -0.470.